The van der Waals surface area contributed by atoms with Crippen LogP contribution in [0.4, 0.5) is 0 Å². The van der Waals surface area contributed by atoms with Crippen LogP contribution in [0.25, 0.3) is 0 Å². The molecule has 2 N–H and O–H groups in total. The fourth-order valence-electron chi connectivity index (χ4n) is 1.80. The van der Waals surface area contributed by atoms with Crippen LogP contribution in [0.15, 0.2) is 10.5 Å². The first-order valence-electron chi connectivity index (χ1n) is 7.21. The summed E-state index contributed by atoms with van der Waals surface area (Å²) in [7, 11) is 1.79. The Morgan fingerprint density at radius 3 is 2.90 bits per heavy atom. The van der Waals surface area contributed by atoms with Crippen molar-refractivity contribution in [3.63, 3.8) is 0 Å². The molecule has 1 aliphatic carbocycles. The zero-order valence-electron chi connectivity index (χ0n) is 12.7. The molecule has 0 unspecified atom stereocenters. The number of aliphatic imine (C=N–C) groups is 1. The van der Waals surface area contributed by atoms with E-state index < -0.39 is 0 Å². The molecule has 1 aliphatic rings. The van der Waals surface area contributed by atoms with Gasteiger partial charge in [0, 0.05) is 31.7 Å². The maximum absolute atomic E-state index is 5.60. The van der Waals surface area contributed by atoms with Crippen molar-refractivity contribution in [1.82, 2.24) is 15.6 Å². The van der Waals surface area contributed by atoms with Gasteiger partial charge in [-0.25, -0.2) is 4.98 Å². The van der Waals surface area contributed by atoms with Gasteiger partial charge >= 0.3 is 0 Å². The summed E-state index contributed by atoms with van der Waals surface area (Å²) >= 11 is 1.67. The molecule has 2 rings (SSSR count). The highest BCUT2D eigenvalue weighted by molar-refractivity contribution is 14.0. The van der Waals surface area contributed by atoms with Crippen molar-refractivity contribution in [2.24, 2.45) is 10.9 Å². The normalized spacial score (nSPS) is 14.7. The lowest BCUT2D eigenvalue weighted by Gasteiger charge is -2.11. The van der Waals surface area contributed by atoms with E-state index in [-0.39, 0.29) is 24.0 Å². The molecule has 1 aromatic rings. The molecule has 0 saturated heterocycles. The number of halogens is 1. The summed E-state index contributed by atoms with van der Waals surface area (Å²) in [5.74, 6) is 1.68. The van der Waals surface area contributed by atoms with E-state index in [1.54, 1.807) is 18.4 Å². The van der Waals surface area contributed by atoms with Gasteiger partial charge in [-0.05, 0) is 32.1 Å². The van der Waals surface area contributed by atoms with Crippen LogP contribution in [-0.4, -0.2) is 37.7 Å². The molecule has 0 spiro atoms. The summed E-state index contributed by atoms with van der Waals surface area (Å²) in [6.45, 7) is 5.45. The number of nitrogens with one attached hydrogen (secondary N) is 2. The van der Waals surface area contributed by atoms with Gasteiger partial charge in [-0.1, -0.05) is 0 Å². The molecule has 1 aromatic heterocycles. The zero-order valence-corrected chi connectivity index (χ0v) is 15.9. The van der Waals surface area contributed by atoms with Crippen LogP contribution in [0.1, 0.15) is 29.8 Å². The number of hydrogen-bond donors (Lipinski definition) is 2. The Morgan fingerprint density at radius 1 is 1.48 bits per heavy atom. The predicted octanol–water partition coefficient (Wildman–Crippen LogP) is 2.55. The molecule has 1 heterocycles. The number of thiazole rings is 1. The number of hydrogen-bond acceptors (Lipinski definition) is 4. The molecule has 0 bridgehead atoms. The smallest absolute Gasteiger partial charge is 0.191 e. The van der Waals surface area contributed by atoms with Gasteiger partial charge in [-0.3, -0.25) is 4.99 Å². The van der Waals surface area contributed by atoms with Crippen LogP contribution in [0, 0.1) is 12.8 Å². The van der Waals surface area contributed by atoms with Crippen molar-refractivity contribution < 1.29 is 4.74 Å². The Hall–Kier alpha value is -0.410. The van der Waals surface area contributed by atoms with E-state index in [0.717, 1.165) is 50.3 Å². The Bertz CT molecular complexity index is 434. The molecular formula is C14H25IN4OS. The summed E-state index contributed by atoms with van der Waals surface area (Å²) in [5.41, 5.74) is 2.96. The molecule has 1 saturated carbocycles. The molecular weight excluding hydrogens is 399 g/mol. The van der Waals surface area contributed by atoms with E-state index in [0.29, 0.717) is 0 Å². The number of guanidine groups is 1. The molecule has 0 atom stereocenters. The first-order valence-corrected chi connectivity index (χ1v) is 8.08. The SMILES string of the molecule is CN=C(NCCCOCC1CC1)NCc1scnc1C.I. The van der Waals surface area contributed by atoms with Crippen LogP contribution >= 0.6 is 35.3 Å². The second-order valence-corrected chi connectivity index (χ2v) is 6.02. The summed E-state index contributed by atoms with van der Waals surface area (Å²) in [5, 5.41) is 6.60. The summed E-state index contributed by atoms with van der Waals surface area (Å²) in [6, 6.07) is 0. The van der Waals surface area contributed by atoms with Gasteiger partial charge in [0.25, 0.3) is 0 Å². The summed E-state index contributed by atoms with van der Waals surface area (Å²) in [6.07, 6.45) is 3.71. The molecule has 0 aliphatic heterocycles. The van der Waals surface area contributed by atoms with Crippen molar-refractivity contribution in [3.8, 4) is 0 Å². The Morgan fingerprint density at radius 2 is 2.29 bits per heavy atom. The van der Waals surface area contributed by atoms with Gasteiger partial charge in [0.1, 0.15) is 0 Å². The Balaban J connectivity index is 0.00000220. The Labute approximate surface area is 148 Å². The minimum atomic E-state index is 0. The average molecular weight is 424 g/mol. The topological polar surface area (TPSA) is 58.5 Å². The third-order valence-corrected chi connectivity index (χ3v) is 4.23. The maximum Gasteiger partial charge on any atom is 0.191 e. The lowest BCUT2D eigenvalue weighted by Crippen LogP contribution is -2.37. The van der Waals surface area contributed by atoms with Gasteiger partial charge in [-0.2, -0.15) is 0 Å². The van der Waals surface area contributed by atoms with Crippen molar-refractivity contribution in [2.45, 2.75) is 32.7 Å². The number of aryl methyl sites for hydroxylation is 1. The standard InChI is InChI=1S/C14H24N4OS.HI/c1-11-13(20-10-18-11)8-17-14(15-2)16-6-3-7-19-9-12-4-5-12;/h10,12H,3-9H2,1-2H3,(H2,15,16,17);1H. The zero-order chi connectivity index (χ0) is 14.2. The highest BCUT2D eigenvalue weighted by atomic mass is 127. The minimum Gasteiger partial charge on any atom is -0.381 e. The van der Waals surface area contributed by atoms with Crippen LogP contribution < -0.4 is 10.6 Å². The molecule has 7 heteroatoms. The van der Waals surface area contributed by atoms with Gasteiger partial charge in [0.05, 0.1) is 17.7 Å². The molecule has 21 heavy (non-hydrogen) atoms. The van der Waals surface area contributed by atoms with E-state index in [1.165, 1.54) is 17.7 Å². The van der Waals surface area contributed by atoms with E-state index in [4.69, 9.17) is 4.74 Å². The molecule has 0 amide bonds. The number of aromatic nitrogens is 1. The first-order chi connectivity index (χ1) is 9.79. The lowest BCUT2D eigenvalue weighted by atomic mass is 10.4. The van der Waals surface area contributed by atoms with E-state index >= 15 is 0 Å². The highest BCUT2D eigenvalue weighted by Gasteiger charge is 2.20. The third-order valence-electron chi connectivity index (χ3n) is 3.29. The third kappa shape index (κ3) is 7.42. The van der Waals surface area contributed by atoms with Crippen molar-refractivity contribution in [1.29, 1.82) is 0 Å². The van der Waals surface area contributed by atoms with Crippen LogP contribution in [0.2, 0.25) is 0 Å². The number of ether oxygens (including phenoxy) is 1. The van der Waals surface area contributed by atoms with Gasteiger partial charge in [-0.15, -0.1) is 35.3 Å². The summed E-state index contributed by atoms with van der Waals surface area (Å²) < 4.78 is 5.60. The monoisotopic (exact) mass is 424 g/mol. The fraction of sp³-hybridized carbons (Fsp3) is 0.714. The van der Waals surface area contributed by atoms with E-state index in [1.807, 2.05) is 12.4 Å². The molecule has 5 nitrogen and oxygen atoms in total. The van der Waals surface area contributed by atoms with E-state index in [2.05, 4.69) is 20.6 Å². The minimum absolute atomic E-state index is 0. The van der Waals surface area contributed by atoms with Crippen molar-refractivity contribution in [2.75, 3.05) is 26.8 Å². The van der Waals surface area contributed by atoms with Gasteiger partial charge in [0.2, 0.25) is 0 Å². The predicted molar refractivity (Wildman–Crippen MR) is 98.6 cm³/mol. The number of rotatable bonds is 8. The second-order valence-electron chi connectivity index (χ2n) is 5.09. The lowest BCUT2D eigenvalue weighted by molar-refractivity contribution is 0.123. The molecule has 0 radical (unpaired) electrons. The Kier molecular flexibility index (Phi) is 9.18. The average Bonchev–Trinajstić information content (AvgIpc) is 3.19. The van der Waals surface area contributed by atoms with Gasteiger partial charge in [0.15, 0.2) is 5.96 Å². The van der Waals surface area contributed by atoms with Crippen LogP contribution in [0.5, 0.6) is 0 Å². The first kappa shape index (κ1) is 18.6. The fourth-order valence-corrected chi connectivity index (χ4v) is 2.51. The van der Waals surface area contributed by atoms with Crippen LogP contribution in [-0.2, 0) is 11.3 Å². The largest absolute Gasteiger partial charge is 0.381 e. The van der Waals surface area contributed by atoms with Crippen molar-refractivity contribution >= 4 is 41.3 Å². The van der Waals surface area contributed by atoms with E-state index in [9.17, 15) is 0 Å². The maximum atomic E-state index is 5.60. The molecule has 120 valence electrons. The van der Waals surface area contributed by atoms with Crippen molar-refractivity contribution in [3.05, 3.63) is 16.1 Å². The molecule has 1 fully saturated rings. The van der Waals surface area contributed by atoms with Gasteiger partial charge < -0.3 is 15.4 Å². The second kappa shape index (κ2) is 10.3. The summed E-state index contributed by atoms with van der Waals surface area (Å²) in [4.78, 5) is 9.70. The van der Waals surface area contributed by atoms with Crippen LogP contribution in [0.3, 0.4) is 0 Å². The highest BCUT2D eigenvalue weighted by Crippen LogP contribution is 2.28. The number of nitrogens with zero attached hydrogens (tertiary/aromatic N) is 2. The quantitative estimate of drug-likeness (QED) is 0.292. The molecule has 0 aromatic carbocycles.